The Morgan fingerprint density at radius 2 is 2.07 bits per heavy atom. The maximum Gasteiger partial charge on any atom is 0.206 e. The van der Waals surface area contributed by atoms with Gasteiger partial charge in [0.1, 0.15) is 0 Å². The lowest BCUT2D eigenvalue weighted by atomic mass is 10.1. The molecule has 1 aromatic carbocycles. The van der Waals surface area contributed by atoms with Crippen LogP contribution in [0.5, 0.6) is 0 Å². The maximum atomic E-state index is 12.0. The number of carbonyl (C=O) groups excluding carboxylic acids is 1. The molecule has 15 heavy (non-hydrogen) atoms. The Kier molecular flexibility index (Phi) is 2.84. The fourth-order valence-corrected chi connectivity index (χ4v) is 1.69. The number of likely N-dealkylation sites (N-methyl/N-ethyl adjacent to an activating group) is 1. The molecule has 0 amide bonds. The van der Waals surface area contributed by atoms with Gasteiger partial charge >= 0.3 is 0 Å². The fourth-order valence-electron chi connectivity index (χ4n) is 1.69. The highest BCUT2D eigenvalue weighted by Crippen LogP contribution is 2.14. The summed E-state index contributed by atoms with van der Waals surface area (Å²) in [6.45, 7) is 3.47. The second-order valence-electron chi connectivity index (χ2n) is 3.93. The number of Topliss-reactive ketones (excluding diaryl/α,β-unsaturated/α-hetero) is 1. The maximum absolute atomic E-state index is 12.0. The predicted molar refractivity (Wildman–Crippen MR) is 57.9 cm³/mol. The molecule has 1 saturated heterocycles. The second kappa shape index (κ2) is 4.13. The van der Waals surface area contributed by atoms with Crippen molar-refractivity contribution in [1.82, 2.24) is 4.90 Å². The number of ketones is 1. The Bertz CT molecular complexity index is 358. The van der Waals surface area contributed by atoms with Gasteiger partial charge in [-0.25, -0.2) is 0 Å². The van der Waals surface area contributed by atoms with Gasteiger partial charge in [-0.1, -0.05) is 29.8 Å². The number of hydrogen-bond donors (Lipinski definition) is 0. The van der Waals surface area contributed by atoms with Crippen LogP contribution in [0.1, 0.15) is 15.9 Å². The van der Waals surface area contributed by atoms with Gasteiger partial charge in [0, 0.05) is 12.1 Å². The molecule has 1 aromatic rings. The molecule has 80 valence electrons. The predicted octanol–water partition coefficient (Wildman–Crippen LogP) is 1.47. The molecule has 1 fully saturated rings. The van der Waals surface area contributed by atoms with Crippen molar-refractivity contribution in [1.29, 1.82) is 0 Å². The van der Waals surface area contributed by atoms with Gasteiger partial charge in [0.05, 0.1) is 6.61 Å². The summed E-state index contributed by atoms with van der Waals surface area (Å²) in [6.07, 6.45) is -0.396. The zero-order chi connectivity index (χ0) is 10.8. The third-order valence-corrected chi connectivity index (χ3v) is 2.68. The van der Waals surface area contributed by atoms with Crippen LogP contribution < -0.4 is 0 Å². The molecular weight excluding hydrogens is 190 g/mol. The van der Waals surface area contributed by atoms with E-state index >= 15 is 0 Å². The smallest absolute Gasteiger partial charge is 0.206 e. The van der Waals surface area contributed by atoms with Gasteiger partial charge in [-0.2, -0.15) is 0 Å². The monoisotopic (exact) mass is 205 g/mol. The Labute approximate surface area is 89.7 Å². The van der Waals surface area contributed by atoms with E-state index in [0.717, 1.165) is 17.7 Å². The highest BCUT2D eigenvalue weighted by molar-refractivity contribution is 5.99. The van der Waals surface area contributed by atoms with Crippen LogP contribution >= 0.6 is 0 Å². The molecule has 0 N–H and O–H groups in total. The minimum Gasteiger partial charge on any atom is -0.354 e. The highest BCUT2D eigenvalue weighted by Gasteiger charge is 2.29. The van der Waals surface area contributed by atoms with Gasteiger partial charge in [0.2, 0.25) is 5.78 Å². The van der Waals surface area contributed by atoms with Crippen molar-refractivity contribution in [2.75, 3.05) is 20.2 Å². The molecule has 0 saturated carbocycles. The van der Waals surface area contributed by atoms with E-state index < -0.39 is 6.23 Å². The van der Waals surface area contributed by atoms with Crippen molar-refractivity contribution in [3.63, 3.8) is 0 Å². The van der Waals surface area contributed by atoms with Gasteiger partial charge < -0.3 is 4.74 Å². The van der Waals surface area contributed by atoms with Crippen LogP contribution in [0, 0.1) is 6.92 Å². The first-order valence-corrected chi connectivity index (χ1v) is 5.11. The number of nitrogens with zero attached hydrogens (tertiary/aromatic N) is 1. The van der Waals surface area contributed by atoms with Crippen LogP contribution in [-0.2, 0) is 4.74 Å². The van der Waals surface area contributed by atoms with Crippen LogP contribution in [0.2, 0.25) is 0 Å². The highest BCUT2D eigenvalue weighted by atomic mass is 16.5. The molecular formula is C12H15NO2. The molecule has 3 nitrogen and oxygen atoms in total. The molecule has 1 unspecified atom stereocenters. The van der Waals surface area contributed by atoms with E-state index in [1.165, 1.54) is 0 Å². The van der Waals surface area contributed by atoms with E-state index in [1.54, 1.807) is 0 Å². The molecule has 1 aliphatic rings. The average Bonchev–Trinajstić information content (AvgIpc) is 2.65. The average molecular weight is 205 g/mol. The number of hydrogen-bond acceptors (Lipinski definition) is 3. The SMILES string of the molecule is Cc1ccc(C(=O)C2OCCN2C)cc1. The lowest BCUT2D eigenvalue weighted by Crippen LogP contribution is -2.33. The summed E-state index contributed by atoms with van der Waals surface area (Å²) in [7, 11) is 1.91. The topological polar surface area (TPSA) is 29.5 Å². The molecule has 0 bridgehead atoms. The van der Waals surface area contributed by atoms with Crippen LogP contribution in [0.4, 0.5) is 0 Å². The first kappa shape index (κ1) is 10.3. The van der Waals surface area contributed by atoms with E-state index in [2.05, 4.69) is 0 Å². The van der Waals surface area contributed by atoms with Crippen molar-refractivity contribution in [2.24, 2.45) is 0 Å². The quantitative estimate of drug-likeness (QED) is 0.685. The third kappa shape index (κ3) is 2.08. The number of benzene rings is 1. The number of rotatable bonds is 2. The minimum absolute atomic E-state index is 0.0509. The molecule has 0 radical (unpaired) electrons. The summed E-state index contributed by atoms with van der Waals surface area (Å²) in [5.41, 5.74) is 1.88. The summed E-state index contributed by atoms with van der Waals surface area (Å²) in [4.78, 5) is 13.9. The fraction of sp³-hybridized carbons (Fsp3) is 0.417. The summed E-state index contributed by atoms with van der Waals surface area (Å²) < 4.78 is 5.39. The molecule has 1 heterocycles. The largest absolute Gasteiger partial charge is 0.354 e. The van der Waals surface area contributed by atoms with Crippen molar-refractivity contribution in [3.8, 4) is 0 Å². The molecule has 0 aromatic heterocycles. The Morgan fingerprint density at radius 3 is 2.60 bits per heavy atom. The first-order valence-electron chi connectivity index (χ1n) is 5.11. The zero-order valence-corrected chi connectivity index (χ0v) is 9.06. The lowest BCUT2D eigenvalue weighted by Gasteiger charge is -2.16. The van der Waals surface area contributed by atoms with Crippen LogP contribution in [-0.4, -0.2) is 37.1 Å². The van der Waals surface area contributed by atoms with E-state index in [4.69, 9.17) is 4.74 Å². The van der Waals surface area contributed by atoms with Crippen molar-refractivity contribution in [3.05, 3.63) is 35.4 Å². The zero-order valence-electron chi connectivity index (χ0n) is 9.06. The second-order valence-corrected chi connectivity index (χ2v) is 3.93. The molecule has 1 aliphatic heterocycles. The van der Waals surface area contributed by atoms with Gasteiger partial charge in [-0.05, 0) is 14.0 Å². The van der Waals surface area contributed by atoms with E-state index in [-0.39, 0.29) is 5.78 Å². The molecule has 2 rings (SSSR count). The van der Waals surface area contributed by atoms with Crippen molar-refractivity contribution in [2.45, 2.75) is 13.2 Å². The van der Waals surface area contributed by atoms with Crippen molar-refractivity contribution >= 4 is 5.78 Å². The Morgan fingerprint density at radius 1 is 1.40 bits per heavy atom. The molecule has 0 aliphatic carbocycles. The summed E-state index contributed by atoms with van der Waals surface area (Å²) in [5.74, 6) is 0.0509. The van der Waals surface area contributed by atoms with E-state index in [9.17, 15) is 4.79 Å². The van der Waals surface area contributed by atoms with Crippen LogP contribution in [0.25, 0.3) is 0 Å². The lowest BCUT2D eigenvalue weighted by molar-refractivity contribution is 0.0362. The van der Waals surface area contributed by atoms with E-state index in [0.29, 0.717) is 6.61 Å². The molecule has 1 atom stereocenters. The molecule has 3 heteroatoms. The van der Waals surface area contributed by atoms with Gasteiger partial charge in [-0.3, -0.25) is 9.69 Å². The Hall–Kier alpha value is -1.19. The minimum atomic E-state index is -0.396. The Balaban J connectivity index is 2.17. The van der Waals surface area contributed by atoms with Crippen molar-refractivity contribution < 1.29 is 9.53 Å². The first-order chi connectivity index (χ1) is 7.18. The van der Waals surface area contributed by atoms with Crippen LogP contribution in [0.15, 0.2) is 24.3 Å². The van der Waals surface area contributed by atoms with Gasteiger partial charge in [-0.15, -0.1) is 0 Å². The number of aryl methyl sites for hydroxylation is 1. The normalized spacial score (nSPS) is 21.9. The van der Waals surface area contributed by atoms with Gasteiger partial charge in [0.25, 0.3) is 0 Å². The molecule has 0 spiro atoms. The summed E-state index contributed by atoms with van der Waals surface area (Å²) in [5, 5.41) is 0. The summed E-state index contributed by atoms with van der Waals surface area (Å²) in [6, 6.07) is 7.60. The number of carbonyl (C=O) groups is 1. The standard InChI is InChI=1S/C12H15NO2/c1-9-3-5-10(6-4-9)11(14)12-13(2)7-8-15-12/h3-6,12H,7-8H2,1-2H3. The number of ether oxygens (including phenoxy) is 1. The van der Waals surface area contributed by atoms with Crippen LogP contribution in [0.3, 0.4) is 0 Å². The van der Waals surface area contributed by atoms with Gasteiger partial charge in [0.15, 0.2) is 6.23 Å². The van der Waals surface area contributed by atoms with E-state index in [1.807, 2.05) is 43.1 Å². The summed E-state index contributed by atoms with van der Waals surface area (Å²) >= 11 is 0. The third-order valence-electron chi connectivity index (χ3n) is 2.68.